The van der Waals surface area contributed by atoms with Crippen molar-refractivity contribution in [3.8, 4) is 5.75 Å². The average Bonchev–Trinajstić information content (AvgIpc) is 3.20. The second-order valence-corrected chi connectivity index (χ2v) is 9.31. The molecule has 0 spiro atoms. The number of nitrogens with one attached hydrogen (secondary N) is 2. The monoisotopic (exact) mass is 546 g/mol. The Morgan fingerprint density at radius 2 is 1.82 bits per heavy atom. The number of aromatic nitrogens is 1. The molecule has 3 N–H and O–H groups in total. The van der Waals surface area contributed by atoms with Crippen LogP contribution in [0.3, 0.4) is 0 Å². The molecule has 33 heavy (non-hydrogen) atoms. The predicted octanol–water partition coefficient (Wildman–Crippen LogP) is 6.60. The van der Waals surface area contributed by atoms with Gasteiger partial charge in [0.25, 0.3) is 0 Å². The molecular formula is C25H21BrCl2N2O3. The van der Waals surface area contributed by atoms with E-state index < -0.39 is 12.0 Å². The van der Waals surface area contributed by atoms with Gasteiger partial charge in [-0.1, -0.05) is 63.4 Å². The largest absolute Gasteiger partial charge is 0.488 e. The number of carboxylic acid groups (broad SMARTS) is 1. The van der Waals surface area contributed by atoms with E-state index in [9.17, 15) is 9.90 Å². The van der Waals surface area contributed by atoms with Gasteiger partial charge in [-0.05, 0) is 42.0 Å². The zero-order chi connectivity index (χ0) is 23.4. The number of halogens is 3. The topological polar surface area (TPSA) is 74.3 Å². The second-order valence-electron chi connectivity index (χ2n) is 7.58. The van der Waals surface area contributed by atoms with E-state index in [2.05, 4.69) is 26.2 Å². The summed E-state index contributed by atoms with van der Waals surface area (Å²) in [5, 5.41) is 15.1. The summed E-state index contributed by atoms with van der Waals surface area (Å²) in [6, 6.07) is 18.0. The Hall–Kier alpha value is -2.51. The van der Waals surface area contributed by atoms with E-state index in [1.54, 1.807) is 18.2 Å². The first-order valence-corrected chi connectivity index (χ1v) is 11.8. The molecule has 4 rings (SSSR count). The standard InChI is InChI=1S/C25H21BrCl2N2O3/c26-17-8-9-24(33-14-19-20(27)5-3-6-21(19)28)16(10-17)13-30-23(25(31)32)11-15-12-29-22-7-2-1-4-18(15)22/h1-10,12,23,29-30H,11,13-14H2,(H,31,32). The number of benzene rings is 3. The highest BCUT2D eigenvalue weighted by molar-refractivity contribution is 9.10. The molecule has 1 aromatic heterocycles. The molecule has 4 aromatic rings. The van der Waals surface area contributed by atoms with E-state index in [-0.39, 0.29) is 6.61 Å². The first-order chi connectivity index (χ1) is 15.9. The molecule has 170 valence electrons. The lowest BCUT2D eigenvalue weighted by molar-refractivity contribution is -0.139. The average molecular weight is 548 g/mol. The van der Waals surface area contributed by atoms with Crippen LogP contribution in [-0.4, -0.2) is 22.1 Å². The van der Waals surface area contributed by atoms with E-state index in [4.69, 9.17) is 27.9 Å². The Bertz CT molecular complexity index is 1270. The van der Waals surface area contributed by atoms with Crippen molar-refractivity contribution in [3.05, 3.63) is 98.1 Å². The van der Waals surface area contributed by atoms with Crippen molar-refractivity contribution in [3.63, 3.8) is 0 Å². The van der Waals surface area contributed by atoms with Crippen molar-refractivity contribution >= 4 is 56.0 Å². The maximum absolute atomic E-state index is 12.0. The van der Waals surface area contributed by atoms with Gasteiger partial charge in [-0.25, -0.2) is 0 Å². The second kappa shape index (κ2) is 10.6. The molecule has 0 radical (unpaired) electrons. The first-order valence-electron chi connectivity index (χ1n) is 10.3. The van der Waals surface area contributed by atoms with E-state index in [0.29, 0.717) is 34.3 Å². The minimum Gasteiger partial charge on any atom is -0.488 e. The lowest BCUT2D eigenvalue weighted by Crippen LogP contribution is -2.38. The number of rotatable bonds is 9. The van der Waals surface area contributed by atoms with Crippen molar-refractivity contribution in [2.24, 2.45) is 0 Å². The zero-order valence-electron chi connectivity index (χ0n) is 17.4. The number of para-hydroxylation sites is 1. The molecule has 5 nitrogen and oxygen atoms in total. The normalized spacial score (nSPS) is 12.1. The molecule has 0 bridgehead atoms. The summed E-state index contributed by atoms with van der Waals surface area (Å²) in [6.07, 6.45) is 2.21. The highest BCUT2D eigenvalue weighted by atomic mass is 79.9. The maximum atomic E-state index is 12.0. The van der Waals surface area contributed by atoms with Crippen LogP contribution in [-0.2, 0) is 24.4 Å². The van der Waals surface area contributed by atoms with Crippen LogP contribution in [0.5, 0.6) is 5.75 Å². The lowest BCUT2D eigenvalue weighted by atomic mass is 10.0. The summed E-state index contributed by atoms with van der Waals surface area (Å²) >= 11 is 16.0. The fraction of sp³-hybridized carbons (Fsp3) is 0.160. The van der Waals surface area contributed by atoms with Gasteiger partial charge in [0, 0.05) is 55.7 Å². The van der Waals surface area contributed by atoms with Gasteiger partial charge >= 0.3 is 5.97 Å². The Labute approximate surface area is 209 Å². The summed E-state index contributed by atoms with van der Waals surface area (Å²) in [5.41, 5.74) is 3.45. The number of aromatic amines is 1. The van der Waals surface area contributed by atoms with Crippen LogP contribution in [0, 0.1) is 0 Å². The van der Waals surface area contributed by atoms with Crippen LogP contribution in [0.1, 0.15) is 16.7 Å². The molecule has 3 aromatic carbocycles. The number of hydrogen-bond acceptors (Lipinski definition) is 3. The van der Waals surface area contributed by atoms with Crippen molar-refractivity contribution < 1.29 is 14.6 Å². The minimum absolute atomic E-state index is 0.199. The van der Waals surface area contributed by atoms with Crippen LogP contribution in [0.2, 0.25) is 10.0 Å². The smallest absolute Gasteiger partial charge is 0.321 e. The van der Waals surface area contributed by atoms with Gasteiger partial charge < -0.3 is 14.8 Å². The Morgan fingerprint density at radius 3 is 2.58 bits per heavy atom. The minimum atomic E-state index is -0.916. The Kier molecular flexibility index (Phi) is 7.60. The number of H-pyrrole nitrogens is 1. The van der Waals surface area contributed by atoms with Crippen LogP contribution in [0.15, 0.2) is 71.3 Å². The highest BCUT2D eigenvalue weighted by Gasteiger charge is 2.20. The third-order valence-electron chi connectivity index (χ3n) is 5.39. The summed E-state index contributed by atoms with van der Waals surface area (Å²) in [4.78, 5) is 15.2. The summed E-state index contributed by atoms with van der Waals surface area (Å²) in [6.45, 7) is 0.509. The molecule has 0 aliphatic rings. The third kappa shape index (κ3) is 5.71. The van der Waals surface area contributed by atoms with Crippen molar-refractivity contribution in [2.75, 3.05) is 0 Å². The van der Waals surface area contributed by atoms with E-state index >= 15 is 0 Å². The fourth-order valence-electron chi connectivity index (χ4n) is 3.65. The number of aliphatic carboxylic acids is 1. The van der Waals surface area contributed by atoms with E-state index in [0.717, 1.165) is 26.5 Å². The van der Waals surface area contributed by atoms with Crippen LogP contribution in [0.25, 0.3) is 10.9 Å². The van der Waals surface area contributed by atoms with Crippen LogP contribution in [0.4, 0.5) is 0 Å². The molecule has 0 aliphatic heterocycles. The van der Waals surface area contributed by atoms with Gasteiger partial charge in [0.1, 0.15) is 18.4 Å². The molecule has 1 atom stereocenters. The number of ether oxygens (including phenoxy) is 1. The molecule has 0 saturated heterocycles. The SMILES string of the molecule is O=C(O)C(Cc1c[nH]c2ccccc12)NCc1cc(Br)ccc1OCc1c(Cl)cccc1Cl. The zero-order valence-corrected chi connectivity index (χ0v) is 20.5. The summed E-state index contributed by atoms with van der Waals surface area (Å²) in [5.74, 6) is -0.293. The van der Waals surface area contributed by atoms with Gasteiger partial charge in [-0.15, -0.1) is 0 Å². The summed E-state index contributed by atoms with van der Waals surface area (Å²) < 4.78 is 6.88. The van der Waals surface area contributed by atoms with Crippen molar-refractivity contribution in [2.45, 2.75) is 25.6 Å². The number of fused-ring (bicyclic) bond motifs is 1. The van der Waals surface area contributed by atoms with Gasteiger partial charge in [-0.3, -0.25) is 10.1 Å². The van der Waals surface area contributed by atoms with Gasteiger partial charge in [0.15, 0.2) is 0 Å². The molecule has 0 saturated carbocycles. The van der Waals surface area contributed by atoms with E-state index in [1.165, 1.54) is 0 Å². The molecule has 0 aliphatic carbocycles. The number of carbonyl (C=O) groups is 1. The van der Waals surface area contributed by atoms with Crippen LogP contribution >= 0.6 is 39.1 Å². The molecular weight excluding hydrogens is 527 g/mol. The lowest BCUT2D eigenvalue weighted by Gasteiger charge is -2.17. The molecule has 0 fully saturated rings. The fourth-order valence-corrected chi connectivity index (χ4v) is 4.56. The van der Waals surface area contributed by atoms with Crippen LogP contribution < -0.4 is 10.1 Å². The van der Waals surface area contributed by atoms with Crippen molar-refractivity contribution in [1.82, 2.24) is 10.3 Å². The first kappa shape index (κ1) is 23.6. The summed E-state index contributed by atoms with van der Waals surface area (Å²) in [7, 11) is 0. The number of carboxylic acids is 1. The van der Waals surface area contributed by atoms with Gasteiger partial charge in [0.05, 0.1) is 0 Å². The molecule has 8 heteroatoms. The predicted molar refractivity (Wildman–Crippen MR) is 135 cm³/mol. The number of hydrogen-bond donors (Lipinski definition) is 3. The quantitative estimate of drug-likeness (QED) is 0.220. The molecule has 0 amide bonds. The van der Waals surface area contributed by atoms with Crippen molar-refractivity contribution in [1.29, 1.82) is 0 Å². The Balaban J connectivity index is 1.49. The Morgan fingerprint density at radius 1 is 1.06 bits per heavy atom. The third-order valence-corrected chi connectivity index (χ3v) is 6.59. The molecule has 1 heterocycles. The maximum Gasteiger partial charge on any atom is 0.321 e. The highest BCUT2D eigenvalue weighted by Crippen LogP contribution is 2.29. The van der Waals surface area contributed by atoms with Gasteiger partial charge in [-0.2, -0.15) is 0 Å². The molecule has 1 unspecified atom stereocenters. The van der Waals surface area contributed by atoms with E-state index in [1.807, 2.05) is 48.7 Å². The van der Waals surface area contributed by atoms with Gasteiger partial charge in [0.2, 0.25) is 0 Å².